The lowest BCUT2D eigenvalue weighted by atomic mass is 10.2. The second-order valence-corrected chi connectivity index (χ2v) is 8.05. The Labute approximate surface area is 197 Å². The molecule has 1 aliphatic rings. The number of hydrogen-bond acceptors (Lipinski definition) is 6. The van der Waals surface area contributed by atoms with Crippen LogP contribution in [0.5, 0.6) is 11.5 Å². The van der Waals surface area contributed by atoms with E-state index in [9.17, 15) is 14.4 Å². The molecule has 4 rings (SSSR count). The highest BCUT2D eigenvalue weighted by molar-refractivity contribution is 5.82. The average Bonchev–Trinajstić information content (AvgIpc) is 2.85. The van der Waals surface area contributed by atoms with Crippen LogP contribution in [-0.2, 0) is 11.3 Å². The molecule has 34 heavy (non-hydrogen) atoms. The number of hydrogen-bond donors (Lipinski definition) is 1. The molecule has 1 aromatic heterocycles. The third-order valence-electron chi connectivity index (χ3n) is 5.95. The Balaban J connectivity index is 1.46. The summed E-state index contributed by atoms with van der Waals surface area (Å²) in [6.07, 6.45) is 0.0785. The second kappa shape index (κ2) is 10.5. The molecule has 9 nitrogen and oxygen atoms in total. The summed E-state index contributed by atoms with van der Waals surface area (Å²) in [4.78, 5) is 45.3. The number of piperazine rings is 1. The Bertz CT molecular complexity index is 1260. The smallest absolute Gasteiger partial charge is 0.328 e. The summed E-state index contributed by atoms with van der Waals surface area (Å²) in [5.41, 5.74) is 0.513. The number of amides is 1. The number of ether oxygens (including phenoxy) is 2. The summed E-state index contributed by atoms with van der Waals surface area (Å²) in [7, 11) is 0. The molecule has 0 radical (unpaired) electrons. The molecule has 0 unspecified atom stereocenters. The lowest BCUT2D eigenvalue weighted by Crippen LogP contribution is -2.49. The normalized spacial score (nSPS) is 13.8. The van der Waals surface area contributed by atoms with E-state index in [4.69, 9.17) is 9.47 Å². The van der Waals surface area contributed by atoms with E-state index >= 15 is 0 Å². The number of aromatic nitrogens is 2. The van der Waals surface area contributed by atoms with Crippen LogP contribution in [0.25, 0.3) is 10.9 Å². The molecule has 0 atom stereocenters. The third kappa shape index (κ3) is 4.93. The molecule has 1 amide bonds. The van der Waals surface area contributed by atoms with Crippen molar-refractivity contribution in [3.8, 4) is 11.5 Å². The average molecular weight is 467 g/mol. The number of rotatable bonds is 8. The van der Waals surface area contributed by atoms with Crippen molar-refractivity contribution in [2.45, 2.75) is 26.8 Å². The van der Waals surface area contributed by atoms with E-state index in [0.717, 1.165) is 23.3 Å². The highest BCUT2D eigenvalue weighted by atomic mass is 16.5. The van der Waals surface area contributed by atoms with Gasteiger partial charge in [0, 0.05) is 50.9 Å². The Morgan fingerprint density at radius 2 is 1.59 bits per heavy atom. The minimum atomic E-state index is -0.550. The molecular formula is C25H30N4O5. The van der Waals surface area contributed by atoms with Gasteiger partial charge in [0.25, 0.3) is 5.56 Å². The van der Waals surface area contributed by atoms with Gasteiger partial charge in [-0.2, -0.15) is 0 Å². The number of H-pyrrole nitrogens is 1. The van der Waals surface area contributed by atoms with Gasteiger partial charge in [-0.25, -0.2) is 4.79 Å². The van der Waals surface area contributed by atoms with Gasteiger partial charge in [-0.05, 0) is 32.0 Å². The first-order valence-electron chi connectivity index (χ1n) is 11.7. The zero-order chi connectivity index (χ0) is 24.1. The van der Waals surface area contributed by atoms with Crippen molar-refractivity contribution in [3.05, 3.63) is 63.3 Å². The first-order chi connectivity index (χ1) is 16.5. The van der Waals surface area contributed by atoms with Gasteiger partial charge in [-0.3, -0.25) is 14.2 Å². The zero-order valence-corrected chi connectivity index (χ0v) is 19.6. The summed E-state index contributed by atoms with van der Waals surface area (Å²) >= 11 is 0. The Morgan fingerprint density at radius 3 is 2.24 bits per heavy atom. The second-order valence-electron chi connectivity index (χ2n) is 8.05. The molecule has 0 bridgehead atoms. The summed E-state index contributed by atoms with van der Waals surface area (Å²) in [5.74, 6) is 0.843. The van der Waals surface area contributed by atoms with Crippen LogP contribution in [0.15, 0.2) is 52.1 Å². The van der Waals surface area contributed by atoms with Crippen LogP contribution in [0.1, 0.15) is 20.3 Å². The monoisotopic (exact) mass is 466 g/mol. The van der Waals surface area contributed by atoms with Gasteiger partial charge in [0.15, 0.2) is 11.5 Å². The standard InChI is InChI=1S/C25H30N4O5/c1-3-33-21-16-19-20(17-22(21)34-4-2)26-25(32)29(24(19)31)11-10-23(30)28-14-12-27(13-15-28)18-8-6-5-7-9-18/h5-9,16-17H,3-4,10-15H2,1-2H3,(H,26,32). The number of nitrogens with zero attached hydrogens (tertiary/aromatic N) is 3. The number of benzene rings is 2. The van der Waals surface area contributed by atoms with Crippen LogP contribution in [0.4, 0.5) is 5.69 Å². The van der Waals surface area contributed by atoms with Crippen molar-refractivity contribution >= 4 is 22.5 Å². The lowest BCUT2D eigenvalue weighted by molar-refractivity contribution is -0.131. The van der Waals surface area contributed by atoms with Gasteiger partial charge in [0.05, 0.1) is 24.1 Å². The number of carbonyl (C=O) groups is 1. The van der Waals surface area contributed by atoms with Crippen molar-refractivity contribution in [2.24, 2.45) is 0 Å². The number of para-hydroxylation sites is 1. The molecule has 0 spiro atoms. The van der Waals surface area contributed by atoms with E-state index in [1.807, 2.05) is 32.0 Å². The van der Waals surface area contributed by atoms with Crippen molar-refractivity contribution < 1.29 is 14.3 Å². The van der Waals surface area contributed by atoms with E-state index in [-0.39, 0.29) is 18.9 Å². The fraction of sp³-hybridized carbons (Fsp3) is 0.400. The quantitative estimate of drug-likeness (QED) is 0.547. The van der Waals surface area contributed by atoms with Crippen LogP contribution >= 0.6 is 0 Å². The van der Waals surface area contributed by atoms with Gasteiger partial charge in [0.1, 0.15) is 0 Å². The molecule has 2 aromatic carbocycles. The van der Waals surface area contributed by atoms with E-state index in [0.29, 0.717) is 48.7 Å². The molecule has 1 N–H and O–H groups in total. The maximum absolute atomic E-state index is 13.1. The minimum Gasteiger partial charge on any atom is -0.490 e. The number of nitrogens with one attached hydrogen (secondary N) is 1. The van der Waals surface area contributed by atoms with E-state index < -0.39 is 11.2 Å². The predicted molar refractivity (Wildman–Crippen MR) is 131 cm³/mol. The summed E-state index contributed by atoms with van der Waals surface area (Å²) < 4.78 is 12.3. The largest absolute Gasteiger partial charge is 0.490 e. The van der Waals surface area contributed by atoms with Crippen LogP contribution in [0, 0.1) is 0 Å². The van der Waals surface area contributed by atoms with Gasteiger partial charge in [0.2, 0.25) is 5.91 Å². The van der Waals surface area contributed by atoms with Crippen LogP contribution in [0.2, 0.25) is 0 Å². The van der Waals surface area contributed by atoms with Gasteiger partial charge in [-0.15, -0.1) is 0 Å². The molecule has 3 aromatic rings. The topological polar surface area (TPSA) is 96.9 Å². The number of aromatic amines is 1. The lowest BCUT2D eigenvalue weighted by Gasteiger charge is -2.36. The third-order valence-corrected chi connectivity index (χ3v) is 5.95. The van der Waals surface area contributed by atoms with Gasteiger partial charge in [-0.1, -0.05) is 18.2 Å². The van der Waals surface area contributed by atoms with E-state index in [1.54, 1.807) is 17.0 Å². The molecule has 1 aliphatic heterocycles. The summed E-state index contributed by atoms with van der Waals surface area (Å²) in [5, 5.41) is 0.315. The molecule has 9 heteroatoms. The number of fused-ring (bicyclic) bond motifs is 1. The fourth-order valence-electron chi connectivity index (χ4n) is 4.22. The van der Waals surface area contributed by atoms with Gasteiger partial charge < -0.3 is 24.3 Å². The van der Waals surface area contributed by atoms with Crippen molar-refractivity contribution in [1.29, 1.82) is 0 Å². The van der Waals surface area contributed by atoms with Crippen molar-refractivity contribution in [2.75, 3.05) is 44.3 Å². The van der Waals surface area contributed by atoms with E-state index in [1.165, 1.54) is 0 Å². The Hall–Kier alpha value is -3.75. The first kappa shape index (κ1) is 23.4. The minimum absolute atomic E-state index is 0.0129. The van der Waals surface area contributed by atoms with Gasteiger partial charge >= 0.3 is 5.69 Å². The maximum atomic E-state index is 13.1. The number of anilines is 1. The molecule has 0 aliphatic carbocycles. The molecule has 2 heterocycles. The molecule has 0 saturated carbocycles. The van der Waals surface area contributed by atoms with Crippen molar-refractivity contribution in [1.82, 2.24) is 14.5 Å². The fourth-order valence-corrected chi connectivity index (χ4v) is 4.22. The summed E-state index contributed by atoms with van der Waals surface area (Å²) in [6.45, 7) is 7.24. The molecule has 180 valence electrons. The highest BCUT2D eigenvalue weighted by Gasteiger charge is 2.22. The summed E-state index contributed by atoms with van der Waals surface area (Å²) in [6, 6.07) is 13.3. The molecule has 1 saturated heterocycles. The van der Waals surface area contributed by atoms with E-state index in [2.05, 4.69) is 22.0 Å². The van der Waals surface area contributed by atoms with Crippen molar-refractivity contribution in [3.63, 3.8) is 0 Å². The Morgan fingerprint density at radius 1 is 0.941 bits per heavy atom. The van der Waals surface area contributed by atoms with Crippen LogP contribution in [0.3, 0.4) is 0 Å². The maximum Gasteiger partial charge on any atom is 0.328 e. The first-order valence-corrected chi connectivity index (χ1v) is 11.7. The SMILES string of the molecule is CCOc1cc2[nH]c(=O)n(CCC(=O)N3CCN(c4ccccc4)CC3)c(=O)c2cc1OCC. The molecule has 1 fully saturated rings. The Kier molecular flexibility index (Phi) is 7.20. The highest BCUT2D eigenvalue weighted by Crippen LogP contribution is 2.30. The van der Waals surface area contributed by atoms with Crippen LogP contribution in [-0.4, -0.2) is 59.8 Å². The number of carbonyl (C=O) groups excluding carboxylic acids is 1. The van der Waals surface area contributed by atoms with Crippen LogP contribution < -0.4 is 25.6 Å². The molecular weight excluding hydrogens is 436 g/mol. The predicted octanol–water partition coefficient (Wildman–Crippen LogP) is 2.23. The zero-order valence-electron chi connectivity index (χ0n) is 19.6.